The van der Waals surface area contributed by atoms with Crippen LogP contribution >= 0.6 is 0 Å². The quantitative estimate of drug-likeness (QED) is 0.697. The molecule has 0 aliphatic rings. The molecular formula is C17H23N3O4. The van der Waals surface area contributed by atoms with Gasteiger partial charge in [0.05, 0.1) is 0 Å². The van der Waals surface area contributed by atoms with Crippen LogP contribution in [0.2, 0.25) is 0 Å². The molecule has 24 heavy (non-hydrogen) atoms. The molecule has 0 bridgehead atoms. The van der Waals surface area contributed by atoms with Gasteiger partial charge in [-0.2, -0.15) is 0 Å². The first-order valence-electron chi connectivity index (χ1n) is 7.50. The first-order valence-corrected chi connectivity index (χ1v) is 7.50. The molecule has 7 heteroatoms. The van der Waals surface area contributed by atoms with Crippen molar-refractivity contribution in [1.82, 2.24) is 5.32 Å². The molecule has 3 N–H and O–H groups in total. The van der Waals surface area contributed by atoms with Gasteiger partial charge in [0.15, 0.2) is 0 Å². The summed E-state index contributed by atoms with van der Waals surface area (Å²) in [7, 11) is 0. The highest BCUT2D eigenvalue weighted by Crippen LogP contribution is 2.13. The fourth-order valence-electron chi connectivity index (χ4n) is 1.65. The van der Waals surface area contributed by atoms with Crippen molar-refractivity contribution in [2.75, 3.05) is 17.2 Å². The van der Waals surface area contributed by atoms with Crippen LogP contribution in [-0.2, 0) is 14.3 Å². The molecule has 0 heterocycles. The molecule has 0 fully saturated rings. The van der Waals surface area contributed by atoms with Gasteiger partial charge < -0.3 is 20.7 Å². The van der Waals surface area contributed by atoms with Crippen molar-refractivity contribution in [3.05, 3.63) is 36.9 Å². The van der Waals surface area contributed by atoms with Gasteiger partial charge in [-0.05, 0) is 51.1 Å². The van der Waals surface area contributed by atoms with E-state index in [4.69, 9.17) is 4.74 Å². The predicted molar refractivity (Wildman–Crippen MR) is 92.8 cm³/mol. The summed E-state index contributed by atoms with van der Waals surface area (Å²) in [6.07, 6.45) is 0.735. The van der Waals surface area contributed by atoms with Crippen LogP contribution in [0.25, 0.3) is 0 Å². The number of ether oxygens (including phenoxy) is 1. The Kier molecular flexibility index (Phi) is 6.98. The van der Waals surface area contributed by atoms with Gasteiger partial charge in [0.25, 0.3) is 0 Å². The molecule has 0 radical (unpaired) electrons. The third-order valence-corrected chi connectivity index (χ3v) is 2.64. The van der Waals surface area contributed by atoms with Crippen LogP contribution in [0, 0.1) is 0 Å². The summed E-state index contributed by atoms with van der Waals surface area (Å²) in [6, 6.07) is 6.65. The highest BCUT2D eigenvalue weighted by atomic mass is 16.6. The Balaban J connectivity index is 2.36. The molecule has 0 saturated carbocycles. The monoisotopic (exact) mass is 333 g/mol. The summed E-state index contributed by atoms with van der Waals surface area (Å²) in [5.74, 6) is -0.547. The summed E-state index contributed by atoms with van der Waals surface area (Å²) in [5.41, 5.74) is 0.619. The summed E-state index contributed by atoms with van der Waals surface area (Å²) >= 11 is 0. The molecule has 1 rings (SSSR count). The molecular weight excluding hydrogens is 310 g/mol. The van der Waals surface area contributed by atoms with Crippen molar-refractivity contribution in [3.8, 4) is 0 Å². The average molecular weight is 333 g/mol. The van der Waals surface area contributed by atoms with Gasteiger partial charge in [-0.1, -0.05) is 6.58 Å². The molecule has 0 aliphatic carbocycles. The van der Waals surface area contributed by atoms with E-state index >= 15 is 0 Å². The number of benzene rings is 1. The fourth-order valence-corrected chi connectivity index (χ4v) is 1.65. The second-order valence-electron chi connectivity index (χ2n) is 6.00. The van der Waals surface area contributed by atoms with Gasteiger partial charge in [0.1, 0.15) is 5.60 Å². The highest BCUT2D eigenvalue weighted by Gasteiger charge is 2.15. The van der Waals surface area contributed by atoms with Crippen LogP contribution in [0.4, 0.5) is 16.2 Å². The zero-order chi connectivity index (χ0) is 18.2. The van der Waals surface area contributed by atoms with Crippen molar-refractivity contribution >= 4 is 29.3 Å². The molecule has 0 aromatic heterocycles. The topological polar surface area (TPSA) is 96.5 Å². The van der Waals surface area contributed by atoms with Gasteiger partial charge in [0.2, 0.25) is 11.8 Å². The number of nitrogens with one attached hydrogen (secondary N) is 3. The van der Waals surface area contributed by atoms with Crippen molar-refractivity contribution in [2.45, 2.75) is 32.8 Å². The Bertz CT molecular complexity index is 603. The summed E-state index contributed by atoms with van der Waals surface area (Å²) in [4.78, 5) is 34.4. The summed E-state index contributed by atoms with van der Waals surface area (Å²) < 4.78 is 5.07. The maximum Gasteiger partial charge on any atom is 0.407 e. The SMILES string of the molecule is C=CC(=O)Nc1ccc(NC(=O)CCNC(=O)OC(C)(C)C)cc1. The van der Waals surface area contributed by atoms with Crippen LogP contribution in [-0.4, -0.2) is 30.1 Å². The van der Waals surface area contributed by atoms with E-state index in [1.54, 1.807) is 45.0 Å². The van der Waals surface area contributed by atoms with Gasteiger partial charge in [-0.3, -0.25) is 9.59 Å². The van der Waals surface area contributed by atoms with E-state index in [9.17, 15) is 14.4 Å². The number of hydrogen-bond donors (Lipinski definition) is 3. The van der Waals surface area contributed by atoms with Gasteiger partial charge in [0, 0.05) is 24.3 Å². The Morgan fingerprint density at radius 2 is 1.62 bits per heavy atom. The minimum absolute atomic E-state index is 0.119. The minimum Gasteiger partial charge on any atom is -0.444 e. The lowest BCUT2D eigenvalue weighted by Gasteiger charge is -2.19. The van der Waals surface area contributed by atoms with E-state index in [0.29, 0.717) is 11.4 Å². The third kappa shape index (κ3) is 7.98. The molecule has 0 saturated heterocycles. The molecule has 0 aliphatic heterocycles. The molecule has 130 valence electrons. The van der Waals surface area contributed by atoms with Crippen LogP contribution in [0.15, 0.2) is 36.9 Å². The lowest BCUT2D eigenvalue weighted by atomic mass is 10.2. The first-order chi connectivity index (χ1) is 11.2. The van der Waals surface area contributed by atoms with E-state index in [1.807, 2.05) is 0 Å². The normalized spacial score (nSPS) is 10.5. The zero-order valence-corrected chi connectivity index (χ0v) is 14.1. The molecule has 7 nitrogen and oxygen atoms in total. The second-order valence-corrected chi connectivity index (χ2v) is 6.00. The van der Waals surface area contributed by atoms with E-state index in [2.05, 4.69) is 22.5 Å². The lowest BCUT2D eigenvalue weighted by molar-refractivity contribution is -0.116. The molecule has 1 aromatic rings. The van der Waals surface area contributed by atoms with E-state index in [1.165, 1.54) is 6.08 Å². The molecule has 0 atom stereocenters. The fraction of sp³-hybridized carbons (Fsp3) is 0.353. The maximum absolute atomic E-state index is 11.8. The van der Waals surface area contributed by atoms with Crippen LogP contribution in [0.3, 0.4) is 0 Å². The van der Waals surface area contributed by atoms with Gasteiger partial charge in [-0.25, -0.2) is 4.79 Å². The Morgan fingerprint density at radius 1 is 1.08 bits per heavy atom. The number of carbonyl (C=O) groups is 3. The third-order valence-electron chi connectivity index (χ3n) is 2.64. The smallest absolute Gasteiger partial charge is 0.407 e. The lowest BCUT2D eigenvalue weighted by Crippen LogP contribution is -2.34. The van der Waals surface area contributed by atoms with Crippen LogP contribution in [0.1, 0.15) is 27.2 Å². The number of rotatable bonds is 6. The molecule has 3 amide bonds. The van der Waals surface area contributed by atoms with Gasteiger partial charge in [-0.15, -0.1) is 0 Å². The summed E-state index contributed by atoms with van der Waals surface area (Å²) in [6.45, 7) is 8.83. The van der Waals surface area contributed by atoms with Crippen molar-refractivity contribution in [2.24, 2.45) is 0 Å². The molecule has 0 spiro atoms. The molecule has 0 unspecified atom stereocenters. The Hall–Kier alpha value is -2.83. The number of hydrogen-bond acceptors (Lipinski definition) is 4. The largest absolute Gasteiger partial charge is 0.444 e. The second kappa shape index (κ2) is 8.71. The highest BCUT2D eigenvalue weighted by molar-refractivity contribution is 5.99. The minimum atomic E-state index is -0.574. The Labute approximate surface area is 141 Å². The average Bonchev–Trinajstić information content (AvgIpc) is 2.47. The standard InChI is InChI=1S/C17H23N3O4/c1-5-14(21)19-12-6-8-13(9-7-12)20-15(22)10-11-18-16(23)24-17(2,3)4/h5-9H,1,10-11H2,2-4H3,(H,18,23)(H,19,21)(H,20,22). The maximum atomic E-state index is 11.8. The number of carbonyl (C=O) groups excluding carboxylic acids is 3. The first kappa shape index (κ1) is 19.2. The van der Waals surface area contributed by atoms with E-state index < -0.39 is 11.7 Å². The van der Waals surface area contributed by atoms with Crippen molar-refractivity contribution < 1.29 is 19.1 Å². The molecule has 1 aromatic carbocycles. The van der Waals surface area contributed by atoms with E-state index in [0.717, 1.165) is 0 Å². The number of amides is 3. The predicted octanol–water partition coefficient (Wildman–Crippen LogP) is 2.66. The number of alkyl carbamates (subject to hydrolysis) is 1. The van der Waals surface area contributed by atoms with Crippen molar-refractivity contribution in [3.63, 3.8) is 0 Å². The van der Waals surface area contributed by atoms with Crippen LogP contribution < -0.4 is 16.0 Å². The summed E-state index contributed by atoms with van der Waals surface area (Å²) in [5, 5.41) is 7.81. The van der Waals surface area contributed by atoms with Crippen LogP contribution in [0.5, 0.6) is 0 Å². The Morgan fingerprint density at radius 3 is 2.12 bits per heavy atom. The number of anilines is 2. The van der Waals surface area contributed by atoms with Gasteiger partial charge >= 0.3 is 6.09 Å². The zero-order valence-electron chi connectivity index (χ0n) is 14.1. The van der Waals surface area contributed by atoms with Crippen molar-refractivity contribution in [1.29, 1.82) is 0 Å². The van der Waals surface area contributed by atoms with E-state index in [-0.39, 0.29) is 24.8 Å².